The molecule has 6 heteroatoms. The van der Waals surface area contributed by atoms with E-state index >= 15 is 0 Å². The van der Waals surface area contributed by atoms with Crippen molar-refractivity contribution < 1.29 is 9.47 Å². The fourth-order valence-electron chi connectivity index (χ4n) is 4.26. The standard InChI is InChI=1S/C21H26N4O2/c1-2-6-17(7-3-1)18-16-19(24-10-4-5-11-24)23-20(22-18)25-12-8-21(9-13-25)26-14-15-27-21/h1-3,6-7,16H,4-5,8-15H2. The SMILES string of the molecule is c1ccc(-c2cc(N3CCCC3)nc(N3CCC4(CC3)OCCO4)n2)cc1. The largest absolute Gasteiger partial charge is 0.356 e. The molecule has 2 aromatic rings. The lowest BCUT2D eigenvalue weighted by Crippen LogP contribution is -2.45. The van der Waals surface area contributed by atoms with Gasteiger partial charge in [-0.1, -0.05) is 30.3 Å². The van der Waals surface area contributed by atoms with E-state index in [1.165, 1.54) is 12.8 Å². The molecule has 0 aliphatic carbocycles. The molecule has 1 spiro atoms. The predicted octanol–water partition coefficient (Wildman–Crippen LogP) is 3.09. The van der Waals surface area contributed by atoms with E-state index in [0.717, 1.165) is 62.0 Å². The molecule has 0 atom stereocenters. The second kappa shape index (κ2) is 7.09. The van der Waals surface area contributed by atoms with E-state index in [9.17, 15) is 0 Å². The Labute approximate surface area is 160 Å². The van der Waals surface area contributed by atoms with Crippen molar-refractivity contribution in [1.29, 1.82) is 0 Å². The van der Waals surface area contributed by atoms with E-state index in [1.54, 1.807) is 0 Å². The molecule has 0 radical (unpaired) electrons. The Hall–Kier alpha value is -2.18. The number of piperidine rings is 1. The highest BCUT2D eigenvalue weighted by Gasteiger charge is 2.40. The van der Waals surface area contributed by atoms with Crippen LogP contribution < -0.4 is 9.80 Å². The fraction of sp³-hybridized carbons (Fsp3) is 0.524. The molecule has 1 aromatic heterocycles. The third-order valence-electron chi connectivity index (χ3n) is 5.82. The van der Waals surface area contributed by atoms with E-state index < -0.39 is 0 Å². The smallest absolute Gasteiger partial charge is 0.227 e. The fourth-order valence-corrected chi connectivity index (χ4v) is 4.26. The first kappa shape index (κ1) is 17.0. The number of hydrogen-bond donors (Lipinski definition) is 0. The van der Waals surface area contributed by atoms with Gasteiger partial charge in [0.1, 0.15) is 5.82 Å². The van der Waals surface area contributed by atoms with E-state index in [2.05, 4.69) is 40.1 Å². The van der Waals surface area contributed by atoms with Crippen molar-refractivity contribution in [2.45, 2.75) is 31.5 Å². The van der Waals surface area contributed by atoms with Crippen molar-refractivity contribution in [2.75, 3.05) is 49.2 Å². The van der Waals surface area contributed by atoms with Crippen molar-refractivity contribution in [3.8, 4) is 11.3 Å². The van der Waals surface area contributed by atoms with Gasteiger partial charge in [-0.05, 0) is 12.8 Å². The van der Waals surface area contributed by atoms with Crippen molar-refractivity contribution in [2.24, 2.45) is 0 Å². The summed E-state index contributed by atoms with van der Waals surface area (Å²) in [6.07, 6.45) is 4.21. The van der Waals surface area contributed by atoms with Gasteiger partial charge in [-0.3, -0.25) is 0 Å². The van der Waals surface area contributed by atoms with Gasteiger partial charge in [-0.15, -0.1) is 0 Å². The monoisotopic (exact) mass is 366 g/mol. The molecule has 0 N–H and O–H groups in total. The van der Waals surface area contributed by atoms with Crippen LogP contribution in [0.4, 0.5) is 11.8 Å². The second-order valence-corrected chi connectivity index (χ2v) is 7.57. The maximum absolute atomic E-state index is 5.87. The molecule has 4 heterocycles. The quantitative estimate of drug-likeness (QED) is 0.832. The minimum Gasteiger partial charge on any atom is -0.356 e. The first-order valence-corrected chi connectivity index (χ1v) is 10.0. The third-order valence-corrected chi connectivity index (χ3v) is 5.82. The second-order valence-electron chi connectivity index (χ2n) is 7.57. The molecule has 27 heavy (non-hydrogen) atoms. The van der Waals surface area contributed by atoms with Crippen LogP contribution in [-0.4, -0.2) is 55.1 Å². The minimum atomic E-state index is -0.370. The molecule has 0 bridgehead atoms. The minimum absolute atomic E-state index is 0.370. The highest BCUT2D eigenvalue weighted by molar-refractivity contribution is 5.65. The molecule has 3 saturated heterocycles. The Morgan fingerprint density at radius 3 is 2.22 bits per heavy atom. The van der Waals surface area contributed by atoms with Gasteiger partial charge in [0.15, 0.2) is 5.79 Å². The van der Waals surface area contributed by atoms with Gasteiger partial charge in [-0.25, -0.2) is 4.98 Å². The average molecular weight is 366 g/mol. The first-order chi connectivity index (χ1) is 13.3. The molecule has 3 fully saturated rings. The van der Waals surface area contributed by atoms with Gasteiger partial charge >= 0.3 is 0 Å². The van der Waals surface area contributed by atoms with Gasteiger partial charge in [-0.2, -0.15) is 4.98 Å². The zero-order valence-corrected chi connectivity index (χ0v) is 15.6. The van der Waals surface area contributed by atoms with Gasteiger partial charge in [0.05, 0.1) is 18.9 Å². The van der Waals surface area contributed by atoms with Gasteiger partial charge < -0.3 is 19.3 Å². The van der Waals surface area contributed by atoms with Gasteiger partial charge in [0, 0.05) is 50.7 Å². The third kappa shape index (κ3) is 3.39. The molecule has 3 aliphatic rings. The van der Waals surface area contributed by atoms with Crippen molar-refractivity contribution in [3.05, 3.63) is 36.4 Å². The van der Waals surface area contributed by atoms with Crippen LogP contribution in [0.3, 0.4) is 0 Å². The molecule has 0 unspecified atom stereocenters. The summed E-state index contributed by atoms with van der Waals surface area (Å²) in [6, 6.07) is 12.5. The summed E-state index contributed by atoms with van der Waals surface area (Å²) in [5, 5.41) is 0. The van der Waals surface area contributed by atoms with Crippen LogP contribution in [0.25, 0.3) is 11.3 Å². The Balaban J connectivity index is 1.45. The zero-order chi connectivity index (χ0) is 18.1. The van der Waals surface area contributed by atoms with Crippen molar-refractivity contribution >= 4 is 11.8 Å². The number of aromatic nitrogens is 2. The van der Waals surface area contributed by atoms with Crippen LogP contribution in [0.5, 0.6) is 0 Å². The van der Waals surface area contributed by atoms with Gasteiger partial charge in [0.25, 0.3) is 0 Å². The van der Waals surface area contributed by atoms with E-state index in [4.69, 9.17) is 19.4 Å². The lowest BCUT2D eigenvalue weighted by atomic mass is 10.0. The first-order valence-electron chi connectivity index (χ1n) is 10.0. The summed E-state index contributed by atoms with van der Waals surface area (Å²) >= 11 is 0. The van der Waals surface area contributed by atoms with Crippen molar-refractivity contribution in [1.82, 2.24) is 9.97 Å². The molecule has 142 valence electrons. The lowest BCUT2D eigenvalue weighted by molar-refractivity contribution is -0.169. The van der Waals surface area contributed by atoms with Crippen molar-refractivity contribution in [3.63, 3.8) is 0 Å². The molecule has 1 aromatic carbocycles. The topological polar surface area (TPSA) is 50.7 Å². The normalized spacial score (nSPS) is 21.9. The highest BCUT2D eigenvalue weighted by Crippen LogP contribution is 2.34. The molecule has 3 aliphatic heterocycles. The maximum Gasteiger partial charge on any atom is 0.227 e. The summed E-state index contributed by atoms with van der Waals surface area (Å²) < 4.78 is 11.7. The summed E-state index contributed by atoms with van der Waals surface area (Å²) in [4.78, 5) is 14.5. The number of nitrogens with zero attached hydrogens (tertiary/aromatic N) is 4. The summed E-state index contributed by atoms with van der Waals surface area (Å²) in [6.45, 7) is 5.29. The number of rotatable bonds is 3. The molecule has 0 amide bonds. The van der Waals surface area contributed by atoms with E-state index in [-0.39, 0.29) is 5.79 Å². The lowest BCUT2D eigenvalue weighted by Gasteiger charge is -2.37. The number of ether oxygens (including phenoxy) is 2. The molecule has 6 nitrogen and oxygen atoms in total. The number of benzene rings is 1. The zero-order valence-electron chi connectivity index (χ0n) is 15.6. The Morgan fingerprint density at radius 2 is 1.52 bits per heavy atom. The maximum atomic E-state index is 5.87. The predicted molar refractivity (Wildman–Crippen MR) is 105 cm³/mol. The van der Waals surface area contributed by atoms with Crippen LogP contribution in [0.2, 0.25) is 0 Å². The van der Waals surface area contributed by atoms with Crippen LogP contribution >= 0.6 is 0 Å². The molecular formula is C21H26N4O2. The average Bonchev–Trinajstić information content (AvgIpc) is 3.42. The molecule has 5 rings (SSSR count). The van der Waals surface area contributed by atoms with Gasteiger partial charge in [0.2, 0.25) is 5.95 Å². The van der Waals surface area contributed by atoms with Crippen LogP contribution in [-0.2, 0) is 9.47 Å². The molecular weight excluding hydrogens is 340 g/mol. The number of anilines is 2. The van der Waals surface area contributed by atoms with E-state index in [1.807, 2.05) is 6.07 Å². The highest BCUT2D eigenvalue weighted by atomic mass is 16.7. The van der Waals surface area contributed by atoms with E-state index in [0.29, 0.717) is 13.2 Å². The summed E-state index contributed by atoms with van der Waals surface area (Å²) in [5.41, 5.74) is 2.13. The Morgan fingerprint density at radius 1 is 0.815 bits per heavy atom. The van der Waals surface area contributed by atoms with Crippen LogP contribution in [0.15, 0.2) is 36.4 Å². The molecule has 0 saturated carbocycles. The Kier molecular flexibility index (Phi) is 4.45. The Bertz CT molecular complexity index is 776. The summed E-state index contributed by atoms with van der Waals surface area (Å²) in [5.74, 6) is 1.50. The number of hydrogen-bond acceptors (Lipinski definition) is 6. The van der Waals surface area contributed by atoms with Crippen LogP contribution in [0.1, 0.15) is 25.7 Å². The summed E-state index contributed by atoms with van der Waals surface area (Å²) in [7, 11) is 0. The van der Waals surface area contributed by atoms with Crippen LogP contribution in [0, 0.1) is 0 Å².